The molecule has 0 radical (unpaired) electrons. The van der Waals surface area contributed by atoms with Crippen LogP contribution in [0.3, 0.4) is 0 Å². The zero-order valence-corrected chi connectivity index (χ0v) is 16.0. The Kier molecular flexibility index (Phi) is 5.89. The van der Waals surface area contributed by atoms with E-state index in [9.17, 15) is 25.1 Å². The lowest BCUT2D eigenvalue weighted by molar-refractivity contribution is -0.384. The van der Waals surface area contributed by atoms with Gasteiger partial charge >= 0.3 is 0 Å². The second-order valence-electron chi connectivity index (χ2n) is 6.60. The number of phenols is 1. The van der Waals surface area contributed by atoms with E-state index < -0.39 is 16.4 Å². The highest BCUT2D eigenvalue weighted by Crippen LogP contribution is 2.30. The third-order valence-corrected chi connectivity index (χ3v) is 4.61. The van der Waals surface area contributed by atoms with E-state index in [1.54, 1.807) is 60.7 Å². The van der Waals surface area contributed by atoms with Crippen molar-refractivity contribution in [2.45, 2.75) is 12.5 Å². The number of non-ortho nitro benzene ring substituents is 1. The summed E-state index contributed by atoms with van der Waals surface area (Å²) in [6.45, 7) is 1.52. The molecule has 0 aliphatic rings. The van der Waals surface area contributed by atoms with Gasteiger partial charge in [0.1, 0.15) is 5.75 Å². The minimum Gasteiger partial charge on any atom is -0.507 e. The van der Waals surface area contributed by atoms with Crippen molar-refractivity contribution in [2.24, 2.45) is 5.10 Å². The van der Waals surface area contributed by atoms with E-state index in [1.807, 2.05) is 0 Å². The number of nitrogens with one attached hydrogen (secondary N) is 1. The number of carbonyl (C=O) groups excluding carboxylic acids is 1. The molecule has 0 spiro atoms. The number of nitrogens with zero attached hydrogens (tertiary/aromatic N) is 2. The Balaban J connectivity index is 1.92. The molecule has 0 saturated carbocycles. The number of phenolic OH excluding ortho intramolecular Hbond substituents is 1. The number of amides is 1. The maximum absolute atomic E-state index is 12.9. The molecule has 0 heterocycles. The second-order valence-corrected chi connectivity index (χ2v) is 6.60. The lowest BCUT2D eigenvalue weighted by Crippen LogP contribution is -2.43. The molecule has 0 unspecified atom stereocenters. The number of nitro groups is 1. The van der Waals surface area contributed by atoms with Crippen molar-refractivity contribution in [2.75, 3.05) is 0 Å². The van der Waals surface area contributed by atoms with E-state index in [4.69, 9.17) is 0 Å². The van der Waals surface area contributed by atoms with E-state index in [0.717, 1.165) is 12.3 Å². The number of nitro benzene ring substituents is 1. The zero-order valence-electron chi connectivity index (χ0n) is 16.0. The third-order valence-electron chi connectivity index (χ3n) is 4.61. The van der Waals surface area contributed by atoms with Crippen LogP contribution in [0.1, 0.15) is 22.3 Å². The Morgan fingerprint density at radius 2 is 1.60 bits per heavy atom. The lowest BCUT2D eigenvalue weighted by atomic mass is 9.85. The maximum Gasteiger partial charge on any atom is 0.281 e. The Hall–Kier alpha value is -4.04. The lowest BCUT2D eigenvalue weighted by Gasteiger charge is -2.27. The Morgan fingerprint density at radius 1 is 1.07 bits per heavy atom. The molecule has 3 aromatic rings. The van der Waals surface area contributed by atoms with Gasteiger partial charge in [-0.3, -0.25) is 14.9 Å². The number of aliphatic hydroxyl groups is 1. The van der Waals surface area contributed by atoms with Crippen LogP contribution in [0.5, 0.6) is 5.75 Å². The number of hydrogen-bond acceptors (Lipinski definition) is 6. The molecule has 3 aromatic carbocycles. The second kappa shape index (κ2) is 8.54. The highest BCUT2D eigenvalue weighted by molar-refractivity contribution is 5.92. The summed E-state index contributed by atoms with van der Waals surface area (Å²) >= 11 is 0. The molecular formula is C22H19N3O5. The van der Waals surface area contributed by atoms with Gasteiger partial charge in [0, 0.05) is 17.7 Å². The first-order valence-electron chi connectivity index (χ1n) is 8.99. The molecule has 3 rings (SSSR count). The number of hydrazone groups is 1. The van der Waals surface area contributed by atoms with Crippen LogP contribution in [0, 0.1) is 17.0 Å². The van der Waals surface area contributed by atoms with Crippen LogP contribution >= 0.6 is 0 Å². The molecule has 0 atom stereocenters. The van der Waals surface area contributed by atoms with Crippen molar-refractivity contribution in [3.05, 3.63) is 105 Å². The zero-order chi connectivity index (χ0) is 21.7. The van der Waals surface area contributed by atoms with E-state index in [-0.39, 0.29) is 17.0 Å². The summed E-state index contributed by atoms with van der Waals surface area (Å²) in [4.78, 5) is 23.4. The van der Waals surface area contributed by atoms with Crippen molar-refractivity contribution >= 4 is 17.8 Å². The maximum atomic E-state index is 12.9. The van der Waals surface area contributed by atoms with Crippen LogP contribution < -0.4 is 5.43 Å². The highest BCUT2D eigenvalue weighted by Gasteiger charge is 2.39. The molecule has 3 N–H and O–H groups in total. The van der Waals surface area contributed by atoms with Crippen LogP contribution in [0.2, 0.25) is 0 Å². The fraction of sp³-hybridized carbons (Fsp3) is 0.0909. The summed E-state index contributed by atoms with van der Waals surface area (Å²) in [5, 5.41) is 36.2. The molecular weight excluding hydrogens is 386 g/mol. The van der Waals surface area contributed by atoms with E-state index in [0.29, 0.717) is 16.7 Å². The normalized spacial score (nSPS) is 11.4. The van der Waals surface area contributed by atoms with Crippen LogP contribution in [-0.4, -0.2) is 27.3 Å². The van der Waals surface area contributed by atoms with E-state index in [1.165, 1.54) is 13.0 Å². The predicted octanol–water partition coefficient (Wildman–Crippen LogP) is 3.00. The van der Waals surface area contributed by atoms with Crippen LogP contribution in [0.15, 0.2) is 77.9 Å². The van der Waals surface area contributed by atoms with E-state index in [2.05, 4.69) is 10.5 Å². The fourth-order valence-electron chi connectivity index (χ4n) is 3.02. The Labute approximate surface area is 172 Å². The minimum atomic E-state index is -2.01. The van der Waals surface area contributed by atoms with Crippen LogP contribution in [0.25, 0.3) is 0 Å². The minimum absolute atomic E-state index is 0.0602. The number of rotatable bonds is 6. The van der Waals surface area contributed by atoms with Crippen LogP contribution in [0.4, 0.5) is 5.69 Å². The van der Waals surface area contributed by atoms with Gasteiger partial charge in [-0.1, -0.05) is 60.7 Å². The molecule has 0 aliphatic carbocycles. The summed E-state index contributed by atoms with van der Waals surface area (Å²) in [7, 11) is 0. The van der Waals surface area contributed by atoms with Crippen molar-refractivity contribution in [1.82, 2.24) is 5.43 Å². The largest absolute Gasteiger partial charge is 0.507 e. The molecule has 8 heteroatoms. The number of aromatic hydroxyl groups is 1. The van der Waals surface area contributed by atoms with Gasteiger partial charge in [-0.05, 0) is 23.6 Å². The van der Waals surface area contributed by atoms with Gasteiger partial charge in [0.15, 0.2) is 5.60 Å². The molecule has 1 amide bonds. The van der Waals surface area contributed by atoms with Gasteiger partial charge in [0.25, 0.3) is 11.6 Å². The monoisotopic (exact) mass is 405 g/mol. The highest BCUT2D eigenvalue weighted by atomic mass is 16.6. The first-order chi connectivity index (χ1) is 14.3. The van der Waals surface area contributed by atoms with Crippen molar-refractivity contribution in [3.8, 4) is 5.75 Å². The summed E-state index contributed by atoms with van der Waals surface area (Å²) in [5.74, 6) is -1.02. The van der Waals surface area contributed by atoms with Gasteiger partial charge in [-0.15, -0.1) is 0 Å². The first kappa shape index (κ1) is 20.7. The van der Waals surface area contributed by atoms with Crippen molar-refractivity contribution in [1.29, 1.82) is 0 Å². The standard InChI is InChI=1S/C22H19N3O5/c1-15-12-19(25(29)30)13-16(20(15)26)14-23-24-21(27)22(28,17-8-4-2-5-9-17)18-10-6-3-7-11-18/h2-14,26,28H,1H3,(H,24,27)/b23-14-. The molecule has 0 fully saturated rings. The number of carbonyl (C=O) groups is 1. The van der Waals surface area contributed by atoms with Crippen molar-refractivity contribution in [3.63, 3.8) is 0 Å². The van der Waals surface area contributed by atoms with Gasteiger partial charge in [-0.25, -0.2) is 5.43 Å². The van der Waals surface area contributed by atoms with Gasteiger partial charge < -0.3 is 10.2 Å². The average molecular weight is 405 g/mol. The van der Waals surface area contributed by atoms with Crippen molar-refractivity contribution < 1.29 is 19.9 Å². The van der Waals surface area contributed by atoms with Gasteiger partial charge in [0.2, 0.25) is 0 Å². The molecule has 0 aromatic heterocycles. The average Bonchev–Trinajstić information content (AvgIpc) is 2.76. The van der Waals surface area contributed by atoms with E-state index >= 15 is 0 Å². The molecule has 152 valence electrons. The smallest absolute Gasteiger partial charge is 0.281 e. The number of benzene rings is 3. The Bertz CT molecular complexity index is 1060. The summed E-state index contributed by atoms with van der Waals surface area (Å²) < 4.78 is 0. The number of aryl methyl sites for hydroxylation is 1. The summed E-state index contributed by atoms with van der Waals surface area (Å²) in [6.07, 6.45) is 1.09. The molecule has 8 nitrogen and oxygen atoms in total. The SMILES string of the molecule is Cc1cc([N+](=O)[O-])cc(/C=N\NC(=O)C(O)(c2ccccc2)c2ccccc2)c1O. The summed E-state index contributed by atoms with van der Waals surface area (Å²) in [5.41, 5.74) is 1.08. The number of hydrogen-bond donors (Lipinski definition) is 3. The third kappa shape index (κ3) is 4.03. The molecule has 30 heavy (non-hydrogen) atoms. The van der Waals surface area contributed by atoms with Gasteiger partial charge in [0.05, 0.1) is 11.1 Å². The fourth-order valence-corrected chi connectivity index (χ4v) is 3.02. The molecule has 0 bridgehead atoms. The van der Waals surface area contributed by atoms with Crippen LogP contribution in [-0.2, 0) is 10.4 Å². The Morgan fingerprint density at radius 3 is 2.10 bits per heavy atom. The topological polar surface area (TPSA) is 125 Å². The summed E-state index contributed by atoms with van der Waals surface area (Å²) in [6, 6.07) is 19.2. The predicted molar refractivity (Wildman–Crippen MR) is 111 cm³/mol. The van der Waals surface area contributed by atoms with Gasteiger partial charge in [-0.2, -0.15) is 5.10 Å². The quantitative estimate of drug-likeness (QED) is 0.330. The first-order valence-corrected chi connectivity index (χ1v) is 8.99. The molecule has 0 saturated heterocycles. The molecule has 0 aliphatic heterocycles.